The lowest BCUT2D eigenvalue weighted by Crippen LogP contribution is -2.51. The van der Waals surface area contributed by atoms with Gasteiger partial charge >= 0.3 is 0 Å². The van der Waals surface area contributed by atoms with Gasteiger partial charge in [-0.1, -0.05) is 6.92 Å². The second kappa shape index (κ2) is 6.91. The Hall–Kier alpha value is -0.0700. The zero-order valence-corrected chi connectivity index (χ0v) is 13.4. The second-order valence-electron chi connectivity index (χ2n) is 3.98. The fourth-order valence-corrected chi connectivity index (χ4v) is 2.88. The predicted octanol–water partition coefficient (Wildman–Crippen LogP) is 3.79. The molecule has 1 rings (SSSR count). The summed E-state index contributed by atoms with van der Waals surface area (Å²) in [4.78, 5) is 12.1. The van der Waals surface area contributed by atoms with E-state index in [2.05, 4.69) is 5.32 Å². The maximum atomic E-state index is 13.0. The van der Waals surface area contributed by atoms with Gasteiger partial charge in [0.15, 0.2) is 0 Å². The standard InChI is InChI=1S/C12H13Cl2FINO/c1-2-12(6-13,7-14)17-11(18)9-4-3-8(15)5-10(9)16/h3-5H,2,6-7H2,1H3,(H,17,18). The van der Waals surface area contributed by atoms with E-state index in [1.165, 1.54) is 18.2 Å². The number of hydrogen-bond acceptors (Lipinski definition) is 1. The summed E-state index contributed by atoms with van der Waals surface area (Å²) in [5.41, 5.74) is -0.206. The van der Waals surface area contributed by atoms with E-state index in [1.54, 1.807) is 0 Å². The molecule has 0 aliphatic carbocycles. The van der Waals surface area contributed by atoms with Crippen LogP contribution in [-0.2, 0) is 0 Å². The number of alkyl halides is 2. The van der Waals surface area contributed by atoms with Crippen LogP contribution in [-0.4, -0.2) is 23.2 Å². The Labute approximate surface area is 129 Å². The third-order valence-electron chi connectivity index (χ3n) is 2.74. The average molecular weight is 404 g/mol. The van der Waals surface area contributed by atoms with Gasteiger partial charge in [0.25, 0.3) is 5.91 Å². The molecule has 0 aromatic heterocycles. The summed E-state index contributed by atoms with van der Waals surface area (Å²) in [6, 6.07) is 4.02. The van der Waals surface area contributed by atoms with Gasteiger partial charge in [-0.25, -0.2) is 4.39 Å². The number of benzene rings is 1. The largest absolute Gasteiger partial charge is 0.344 e. The van der Waals surface area contributed by atoms with Crippen LogP contribution in [0, 0.1) is 9.39 Å². The minimum absolute atomic E-state index is 0.233. The highest BCUT2D eigenvalue weighted by Gasteiger charge is 2.29. The number of carbonyl (C=O) groups is 1. The fraction of sp³-hybridized carbons (Fsp3) is 0.417. The smallest absolute Gasteiger partial charge is 0.252 e. The van der Waals surface area contributed by atoms with Gasteiger partial charge in [0.2, 0.25) is 0 Å². The number of amides is 1. The van der Waals surface area contributed by atoms with E-state index >= 15 is 0 Å². The molecule has 6 heteroatoms. The zero-order valence-electron chi connectivity index (χ0n) is 9.77. The van der Waals surface area contributed by atoms with Crippen LogP contribution in [0.15, 0.2) is 18.2 Å². The van der Waals surface area contributed by atoms with Gasteiger partial charge in [-0.15, -0.1) is 23.2 Å². The van der Waals surface area contributed by atoms with Gasteiger partial charge in [-0.2, -0.15) is 0 Å². The molecule has 1 aromatic rings. The van der Waals surface area contributed by atoms with E-state index in [4.69, 9.17) is 23.2 Å². The van der Waals surface area contributed by atoms with Crippen LogP contribution < -0.4 is 5.32 Å². The van der Waals surface area contributed by atoms with Crippen molar-refractivity contribution < 1.29 is 9.18 Å². The minimum atomic E-state index is -0.627. The van der Waals surface area contributed by atoms with Crippen molar-refractivity contribution in [3.63, 3.8) is 0 Å². The highest BCUT2D eigenvalue weighted by atomic mass is 127. The number of halogens is 4. The van der Waals surface area contributed by atoms with Gasteiger partial charge in [-0.05, 0) is 47.2 Å². The van der Waals surface area contributed by atoms with Crippen molar-refractivity contribution in [1.82, 2.24) is 5.32 Å². The van der Waals surface area contributed by atoms with Crippen LogP contribution in [0.3, 0.4) is 0 Å². The molecule has 0 saturated carbocycles. The van der Waals surface area contributed by atoms with Crippen molar-refractivity contribution in [3.05, 3.63) is 33.1 Å². The Kier molecular flexibility index (Phi) is 6.14. The van der Waals surface area contributed by atoms with Crippen molar-refractivity contribution in [2.24, 2.45) is 0 Å². The van der Waals surface area contributed by atoms with Crippen LogP contribution in [0.25, 0.3) is 0 Å². The maximum Gasteiger partial charge on any atom is 0.252 e. The van der Waals surface area contributed by atoms with Gasteiger partial charge < -0.3 is 5.32 Å². The molecule has 0 saturated heterocycles. The van der Waals surface area contributed by atoms with E-state index in [0.717, 1.165) is 0 Å². The van der Waals surface area contributed by atoms with Gasteiger partial charge in [0.05, 0.1) is 11.1 Å². The Bertz CT molecular complexity index is 430. The zero-order chi connectivity index (χ0) is 13.8. The van der Waals surface area contributed by atoms with Gasteiger partial charge in [0, 0.05) is 15.3 Å². The van der Waals surface area contributed by atoms with Crippen molar-refractivity contribution in [2.45, 2.75) is 18.9 Å². The molecule has 0 unspecified atom stereocenters. The Morgan fingerprint density at radius 2 is 2.06 bits per heavy atom. The van der Waals surface area contributed by atoms with Crippen LogP contribution in [0.4, 0.5) is 4.39 Å². The average Bonchev–Trinajstić information content (AvgIpc) is 2.36. The van der Waals surface area contributed by atoms with Crippen LogP contribution in [0.2, 0.25) is 0 Å². The summed E-state index contributed by atoms with van der Waals surface area (Å²) in [7, 11) is 0. The van der Waals surface area contributed by atoms with Crippen molar-refractivity contribution >= 4 is 51.7 Å². The molecule has 0 bridgehead atoms. The lowest BCUT2D eigenvalue weighted by molar-refractivity contribution is 0.0912. The molecule has 1 aromatic carbocycles. The quantitative estimate of drug-likeness (QED) is 0.588. The Balaban J connectivity index is 2.94. The number of hydrogen-bond donors (Lipinski definition) is 1. The molecule has 0 fully saturated rings. The molecule has 1 N–H and O–H groups in total. The SMILES string of the molecule is CCC(CCl)(CCl)NC(=O)c1ccc(F)cc1I. The fourth-order valence-electron chi connectivity index (χ4n) is 1.36. The van der Waals surface area contributed by atoms with E-state index in [0.29, 0.717) is 15.6 Å². The van der Waals surface area contributed by atoms with E-state index < -0.39 is 5.54 Å². The highest BCUT2D eigenvalue weighted by Crippen LogP contribution is 2.18. The molecule has 0 heterocycles. The van der Waals surface area contributed by atoms with E-state index in [1.807, 2.05) is 29.5 Å². The molecule has 0 radical (unpaired) electrons. The second-order valence-corrected chi connectivity index (χ2v) is 5.68. The normalized spacial score (nSPS) is 11.4. The molecule has 18 heavy (non-hydrogen) atoms. The molecule has 2 nitrogen and oxygen atoms in total. The van der Waals surface area contributed by atoms with Gasteiger partial charge in [-0.3, -0.25) is 4.79 Å². The summed E-state index contributed by atoms with van der Waals surface area (Å²) >= 11 is 13.6. The molecular weight excluding hydrogens is 391 g/mol. The van der Waals surface area contributed by atoms with Crippen molar-refractivity contribution in [3.8, 4) is 0 Å². The number of nitrogens with one attached hydrogen (secondary N) is 1. The van der Waals surface area contributed by atoms with Crippen molar-refractivity contribution in [2.75, 3.05) is 11.8 Å². The first-order chi connectivity index (χ1) is 8.48. The minimum Gasteiger partial charge on any atom is -0.344 e. The topological polar surface area (TPSA) is 29.1 Å². The third-order valence-corrected chi connectivity index (χ3v) is 4.66. The predicted molar refractivity (Wildman–Crippen MR) is 81.0 cm³/mol. The summed E-state index contributed by atoms with van der Waals surface area (Å²) in [6.45, 7) is 1.90. The summed E-state index contributed by atoms with van der Waals surface area (Å²) < 4.78 is 13.5. The molecular formula is C12H13Cl2FINO. The molecule has 100 valence electrons. The summed E-state index contributed by atoms with van der Waals surface area (Å²) in [6.07, 6.45) is 0.628. The first-order valence-electron chi connectivity index (χ1n) is 5.37. The third kappa shape index (κ3) is 3.71. The molecule has 1 amide bonds. The molecule has 0 aliphatic heterocycles. The highest BCUT2D eigenvalue weighted by molar-refractivity contribution is 14.1. The maximum absolute atomic E-state index is 13.0. The summed E-state index contributed by atoms with van der Waals surface area (Å²) in [5.74, 6) is -0.192. The monoisotopic (exact) mass is 403 g/mol. The van der Waals surface area contributed by atoms with Crippen LogP contribution >= 0.6 is 45.8 Å². The van der Waals surface area contributed by atoms with Crippen LogP contribution in [0.1, 0.15) is 23.7 Å². The van der Waals surface area contributed by atoms with E-state index in [9.17, 15) is 9.18 Å². The summed E-state index contributed by atoms with van der Waals surface area (Å²) in [5, 5.41) is 2.83. The lowest BCUT2D eigenvalue weighted by atomic mass is 10.0. The Morgan fingerprint density at radius 3 is 2.50 bits per heavy atom. The first-order valence-corrected chi connectivity index (χ1v) is 7.52. The first kappa shape index (κ1) is 16.0. The van der Waals surface area contributed by atoms with E-state index in [-0.39, 0.29) is 23.5 Å². The van der Waals surface area contributed by atoms with Crippen molar-refractivity contribution in [1.29, 1.82) is 0 Å². The molecule has 0 atom stereocenters. The molecule has 0 spiro atoms. The lowest BCUT2D eigenvalue weighted by Gasteiger charge is -2.29. The van der Waals surface area contributed by atoms with Crippen LogP contribution in [0.5, 0.6) is 0 Å². The molecule has 0 aliphatic rings. The number of carbonyl (C=O) groups excluding carboxylic acids is 1. The Morgan fingerprint density at radius 1 is 1.44 bits per heavy atom. The number of rotatable bonds is 5. The van der Waals surface area contributed by atoms with Gasteiger partial charge in [0.1, 0.15) is 5.82 Å².